The summed E-state index contributed by atoms with van der Waals surface area (Å²) < 4.78 is 1.56. The smallest absolute Gasteiger partial charge is 0.242 e. The molecular formula is C11H16N4O2. The molecule has 0 aliphatic carbocycles. The van der Waals surface area contributed by atoms with Gasteiger partial charge in [-0.1, -0.05) is 0 Å². The first kappa shape index (κ1) is 11.6. The maximum atomic E-state index is 11.7. The van der Waals surface area contributed by atoms with Crippen LogP contribution >= 0.6 is 0 Å². The maximum absolute atomic E-state index is 11.7. The number of carbonyl (C=O) groups is 2. The Morgan fingerprint density at radius 3 is 3.18 bits per heavy atom. The number of hydrogen-bond acceptors (Lipinski definition) is 3. The van der Waals surface area contributed by atoms with Crippen LogP contribution in [0, 0.1) is 6.92 Å². The highest BCUT2D eigenvalue weighted by Gasteiger charge is 2.23. The molecule has 1 fully saturated rings. The Labute approximate surface area is 99.4 Å². The Morgan fingerprint density at radius 1 is 1.71 bits per heavy atom. The summed E-state index contributed by atoms with van der Waals surface area (Å²) >= 11 is 0. The predicted octanol–water partition coefficient (Wildman–Crippen LogP) is -0.414. The molecule has 1 aliphatic rings. The van der Waals surface area contributed by atoms with Crippen LogP contribution in [0.15, 0.2) is 12.4 Å². The Morgan fingerprint density at radius 2 is 2.53 bits per heavy atom. The first-order valence-corrected chi connectivity index (χ1v) is 5.71. The van der Waals surface area contributed by atoms with Gasteiger partial charge in [0, 0.05) is 12.7 Å². The minimum atomic E-state index is -0.395. The summed E-state index contributed by atoms with van der Waals surface area (Å²) in [7, 11) is 0. The van der Waals surface area contributed by atoms with Crippen LogP contribution in [-0.4, -0.2) is 34.2 Å². The fourth-order valence-corrected chi connectivity index (χ4v) is 1.85. The normalized spacial score (nSPS) is 19.8. The van der Waals surface area contributed by atoms with Gasteiger partial charge in [0.2, 0.25) is 11.8 Å². The lowest BCUT2D eigenvalue weighted by Crippen LogP contribution is -2.50. The van der Waals surface area contributed by atoms with Crippen LogP contribution in [0.25, 0.3) is 0 Å². The van der Waals surface area contributed by atoms with E-state index in [1.807, 2.05) is 6.92 Å². The number of aryl methyl sites for hydroxylation is 1. The first-order chi connectivity index (χ1) is 8.15. The fourth-order valence-electron chi connectivity index (χ4n) is 1.85. The molecule has 0 radical (unpaired) electrons. The second-order valence-corrected chi connectivity index (χ2v) is 4.27. The van der Waals surface area contributed by atoms with Crippen LogP contribution in [0.5, 0.6) is 0 Å². The number of carbonyl (C=O) groups excluding carboxylic acids is 2. The summed E-state index contributed by atoms with van der Waals surface area (Å²) in [4.78, 5) is 23.1. The molecule has 2 N–H and O–H groups in total. The van der Waals surface area contributed by atoms with E-state index in [2.05, 4.69) is 15.7 Å². The van der Waals surface area contributed by atoms with Crippen molar-refractivity contribution < 1.29 is 9.59 Å². The monoisotopic (exact) mass is 236 g/mol. The zero-order chi connectivity index (χ0) is 12.3. The third-order valence-electron chi connectivity index (χ3n) is 2.69. The number of rotatable bonds is 3. The molecule has 2 heterocycles. The molecule has 1 aliphatic heterocycles. The number of hydrogen-bond donors (Lipinski definition) is 2. The minimum absolute atomic E-state index is 0.0961. The molecule has 6 nitrogen and oxygen atoms in total. The zero-order valence-corrected chi connectivity index (χ0v) is 9.77. The van der Waals surface area contributed by atoms with Crippen molar-refractivity contribution in [3.8, 4) is 0 Å². The Balaban J connectivity index is 1.86. The van der Waals surface area contributed by atoms with E-state index < -0.39 is 6.04 Å². The standard InChI is InChI=1S/C11H16N4O2/c1-8-5-13-15(6-8)7-10(16)14-9-3-2-4-12-11(9)17/h5-6,9H,2-4,7H2,1H3,(H,12,17)(H,14,16)/t9-/m0/s1. The molecule has 0 unspecified atom stereocenters. The maximum Gasteiger partial charge on any atom is 0.242 e. The van der Waals surface area contributed by atoms with Crippen molar-refractivity contribution in [3.05, 3.63) is 18.0 Å². The summed E-state index contributed by atoms with van der Waals surface area (Å²) in [6.07, 6.45) is 5.09. The van der Waals surface area contributed by atoms with Gasteiger partial charge in [-0.05, 0) is 25.3 Å². The van der Waals surface area contributed by atoms with Crippen LogP contribution in [0.1, 0.15) is 18.4 Å². The number of nitrogens with one attached hydrogen (secondary N) is 2. The van der Waals surface area contributed by atoms with Gasteiger partial charge in [-0.25, -0.2) is 0 Å². The fraction of sp³-hybridized carbons (Fsp3) is 0.545. The van der Waals surface area contributed by atoms with Crippen molar-refractivity contribution in [1.82, 2.24) is 20.4 Å². The lowest BCUT2D eigenvalue weighted by Gasteiger charge is -2.22. The van der Waals surface area contributed by atoms with Gasteiger partial charge in [0.25, 0.3) is 0 Å². The van der Waals surface area contributed by atoms with E-state index in [-0.39, 0.29) is 18.4 Å². The number of nitrogens with zero attached hydrogens (tertiary/aromatic N) is 2. The lowest BCUT2D eigenvalue weighted by molar-refractivity contribution is -0.130. The zero-order valence-electron chi connectivity index (χ0n) is 9.77. The summed E-state index contributed by atoms with van der Waals surface area (Å²) in [6.45, 7) is 2.76. The van der Waals surface area contributed by atoms with Gasteiger partial charge in [0.1, 0.15) is 12.6 Å². The number of aromatic nitrogens is 2. The SMILES string of the molecule is Cc1cnn(CC(=O)N[C@H]2CCCNC2=O)c1. The molecule has 2 amide bonds. The molecule has 1 aromatic heterocycles. The molecule has 0 bridgehead atoms. The second kappa shape index (κ2) is 4.99. The topological polar surface area (TPSA) is 76.0 Å². The van der Waals surface area contributed by atoms with Crippen molar-refractivity contribution in [1.29, 1.82) is 0 Å². The summed E-state index contributed by atoms with van der Waals surface area (Å²) in [5.41, 5.74) is 1.01. The molecule has 0 saturated carbocycles. The average Bonchev–Trinajstić information content (AvgIpc) is 2.67. The summed E-state index contributed by atoms with van der Waals surface area (Å²) in [5, 5.41) is 9.47. The summed E-state index contributed by atoms with van der Waals surface area (Å²) in [5.74, 6) is -0.281. The van der Waals surface area contributed by atoms with E-state index in [1.54, 1.807) is 17.1 Å². The Hall–Kier alpha value is -1.85. The van der Waals surface area contributed by atoms with Crippen LogP contribution in [0.4, 0.5) is 0 Å². The third kappa shape index (κ3) is 3.05. The van der Waals surface area contributed by atoms with Crippen molar-refractivity contribution in [2.45, 2.75) is 32.4 Å². The van der Waals surface area contributed by atoms with Crippen molar-refractivity contribution in [2.24, 2.45) is 0 Å². The van der Waals surface area contributed by atoms with Gasteiger partial charge < -0.3 is 10.6 Å². The minimum Gasteiger partial charge on any atom is -0.354 e. The number of piperidine rings is 1. The van der Waals surface area contributed by atoms with E-state index in [4.69, 9.17) is 0 Å². The highest BCUT2D eigenvalue weighted by Crippen LogP contribution is 2.03. The molecule has 1 saturated heterocycles. The molecule has 1 atom stereocenters. The van der Waals surface area contributed by atoms with E-state index in [9.17, 15) is 9.59 Å². The van der Waals surface area contributed by atoms with Crippen LogP contribution < -0.4 is 10.6 Å². The van der Waals surface area contributed by atoms with E-state index in [1.165, 1.54) is 0 Å². The van der Waals surface area contributed by atoms with E-state index in [0.29, 0.717) is 13.0 Å². The van der Waals surface area contributed by atoms with Gasteiger partial charge in [0.05, 0.1) is 6.20 Å². The average molecular weight is 236 g/mol. The second-order valence-electron chi connectivity index (χ2n) is 4.27. The van der Waals surface area contributed by atoms with Gasteiger partial charge in [-0.2, -0.15) is 5.10 Å². The van der Waals surface area contributed by atoms with Crippen molar-refractivity contribution in [3.63, 3.8) is 0 Å². The van der Waals surface area contributed by atoms with Gasteiger partial charge in [0.15, 0.2) is 0 Å². The molecule has 17 heavy (non-hydrogen) atoms. The highest BCUT2D eigenvalue weighted by atomic mass is 16.2. The molecule has 1 aromatic rings. The Kier molecular flexibility index (Phi) is 3.41. The van der Waals surface area contributed by atoms with Crippen molar-refractivity contribution >= 4 is 11.8 Å². The molecule has 0 spiro atoms. The Bertz CT molecular complexity index is 427. The van der Waals surface area contributed by atoms with Crippen molar-refractivity contribution in [2.75, 3.05) is 6.54 Å². The predicted molar refractivity (Wildman–Crippen MR) is 61.1 cm³/mol. The third-order valence-corrected chi connectivity index (χ3v) is 2.69. The van der Waals surface area contributed by atoms with Gasteiger partial charge >= 0.3 is 0 Å². The number of amides is 2. The van der Waals surface area contributed by atoms with Crippen LogP contribution in [0.2, 0.25) is 0 Å². The van der Waals surface area contributed by atoms with E-state index in [0.717, 1.165) is 12.0 Å². The molecule has 0 aromatic carbocycles. The van der Waals surface area contributed by atoms with Gasteiger partial charge in [-0.15, -0.1) is 0 Å². The molecular weight excluding hydrogens is 220 g/mol. The largest absolute Gasteiger partial charge is 0.354 e. The van der Waals surface area contributed by atoms with Gasteiger partial charge in [-0.3, -0.25) is 14.3 Å². The molecule has 92 valence electrons. The first-order valence-electron chi connectivity index (χ1n) is 5.71. The highest BCUT2D eigenvalue weighted by molar-refractivity contribution is 5.87. The summed E-state index contributed by atoms with van der Waals surface area (Å²) in [6, 6.07) is -0.395. The molecule has 6 heteroatoms. The lowest BCUT2D eigenvalue weighted by atomic mass is 10.1. The van der Waals surface area contributed by atoms with Crippen LogP contribution in [-0.2, 0) is 16.1 Å². The molecule has 2 rings (SSSR count). The van der Waals surface area contributed by atoms with E-state index >= 15 is 0 Å². The quantitative estimate of drug-likeness (QED) is 0.749. The van der Waals surface area contributed by atoms with Crippen LogP contribution in [0.3, 0.4) is 0 Å².